The van der Waals surface area contributed by atoms with Crippen LogP contribution in [0.3, 0.4) is 0 Å². The number of hydrogen-bond acceptors (Lipinski definition) is 8. The monoisotopic (exact) mass is 1090 g/mol. The molecule has 1 aliphatic heterocycles. The molecule has 1 aliphatic rings. The minimum Gasteiger partial charge on any atom is -0.394 e. The molecule has 1 rings (SSSR count). The van der Waals surface area contributed by atoms with Crippen LogP contribution >= 0.6 is 0 Å². The van der Waals surface area contributed by atoms with Crippen molar-refractivity contribution in [1.82, 2.24) is 5.32 Å². The molecule has 6 N–H and O–H groups in total. The van der Waals surface area contributed by atoms with Crippen molar-refractivity contribution in [3.63, 3.8) is 0 Å². The van der Waals surface area contributed by atoms with Crippen molar-refractivity contribution in [2.45, 2.75) is 416 Å². The summed E-state index contributed by atoms with van der Waals surface area (Å²) in [6.45, 7) is 3.91. The van der Waals surface area contributed by atoms with Crippen LogP contribution in [-0.4, -0.2) is 87.5 Å². The number of rotatable bonds is 62. The van der Waals surface area contributed by atoms with E-state index in [1.807, 2.05) is 0 Å². The first-order valence-corrected chi connectivity index (χ1v) is 34.7. The quantitative estimate of drug-likeness (QED) is 0.0330. The van der Waals surface area contributed by atoms with Crippen molar-refractivity contribution in [3.8, 4) is 0 Å². The van der Waals surface area contributed by atoms with Gasteiger partial charge in [-0.3, -0.25) is 4.79 Å². The summed E-state index contributed by atoms with van der Waals surface area (Å²) >= 11 is 0. The molecule has 0 radical (unpaired) electrons. The van der Waals surface area contributed by atoms with Crippen LogP contribution in [-0.2, 0) is 14.3 Å². The van der Waals surface area contributed by atoms with E-state index in [1.165, 1.54) is 308 Å². The van der Waals surface area contributed by atoms with Gasteiger partial charge in [0, 0.05) is 6.42 Å². The first kappa shape index (κ1) is 74.2. The molecule has 9 nitrogen and oxygen atoms in total. The lowest BCUT2D eigenvalue weighted by Gasteiger charge is -2.40. The van der Waals surface area contributed by atoms with Crippen molar-refractivity contribution < 1.29 is 39.8 Å². The molecular weight excluding hydrogens is 959 g/mol. The Bertz CT molecular complexity index is 1180. The lowest BCUT2D eigenvalue weighted by Crippen LogP contribution is -2.60. The molecule has 1 heterocycles. The van der Waals surface area contributed by atoms with Gasteiger partial charge in [-0.25, -0.2) is 0 Å². The number of unbranched alkanes of at least 4 members (excludes halogenated alkanes) is 52. The van der Waals surface area contributed by atoms with E-state index < -0.39 is 49.5 Å². The lowest BCUT2D eigenvalue weighted by atomic mass is 9.99. The Morgan fingerprint density at radius 2 is 0.649 bits per heavy atom. The standard InChI is InChI=1S/C68H135NO8/c1-3-5-7-9-11-13-15-17-19-21-23-25-27-29-30-31-32-34-35-37-39-41-43-45-47-49-51-53-55-57-62(71)61(60-76-68-67(75)66(74)65(73)63(59-70)77-68)69-64(72)58-56-54-52-50-48-46-44-42-40-38-36-33-28-26-24-22-20-18-16-14-12-10-8-6-4-2/h61-63,65-68,70-71,73-75H,3-60H2,1-2H3,(H,69,72). The van der Waals surface area contributed by atoms with Crippen LogP contribution in [0.1, 0.15) is 373 Å². The third-order valence-corrected chi connectivity index (χ3v) is 17.2. The van der Waals surface area contributed by atoms with Gasteiger partial charge in [-0.05, 0) is 12.8 Å². The summed E-state index contributed by atoms with van der Waals surface area (Å²) in [6.07, 6.45) is 66.0. The highest BCUT2D eigenvalue weighted by molar-refractivity contribution is 5.76. The number of ether oxygens (including phenoxy) is 2. The van der Waals surface area contributed by atoms with Crippen LogP contribution in [0.25, 0.3) is 0 Å². The van der Waals surface area contributed by atoms with E-state index in [1.54, 1.807) is 0 Å². The van der Waals surface area contributed by atoms with Crippen LogP contribution < -0.4 is 5.32 Å². The molecule has 1 amide bonds. The largest absolute Gasteiger partial charge is 0.394 e. The highest BCUT2D eigenvalue weighted by atomic mass is 16.7. The number of amides is 1. The second kappa shape index (κ2) is 58.4. The van der Waals surface area contributed by atoms with E-state index in [4.69, 9.17) is 9.47 Å². The van der Waals surface area contributed by atoms with Gasteiger partial charge in [0.25, 0.3) is 0 Å². The van der Waals surface area contributed by atoms with E-state index in [0.29, 0.717) is 12.8 Å². The van der Waals surface area contributed by atoms with E-state index in [0.717, 1.165) is 38.5 Å². The molecule has 0 aromatic rings. The first-order chi connectivity index (χ1) is 37.8. The molecule has 9 heteroatoms. The van der Waals surface area contributed by atoms with Crippen LogP contribution in [0, 0.1) is 0 Å². The molecule has 0 aromatic carbocycles. The predicted molar refractivity (Wildman–Crippen MR) is 328 cm³/mol. The summed E-state index contributed by atoms with van der Waals surface area (Å²) in [5, 5.41) is 54.9. The molecule has 0 aromatic heterocycles. The van der Waals surface area contributed by atoms with Crippen molar-refractivity contribution >= 4 is 5.91 Å². The van der Waals surface area contributed by atoms with Gasteiger partial charge in [0.2, 0.25) is 5.91 Å². The molecule has 1 saturated heterocycles. The number of carbonyl (C=O) groups is 1. The van der Waals surface area contributed by atoms with E-state index in [2.05, 4.69) is 19.2 Å². The summed E-state index contributed by atoms with van der Waals surface area (Å²) in [4.78, 5) is 13.1. The Hall–Kier alpha value is -0.810. The second-order valence-corrected chi connectivity index (χ2v) is 24.7. The van der Waals surface area contributed by atoms with E-state index >= 15 is 0 Å². The Balaban J connectivity index is 2.10. The van der Waals surface area contributed by atoms with Crippen LogP contribution in [0.15, 0.2) is 0 Å². The van der Waals surface area contributed by atoms with E-state index in [9.17, 15) is 30.3 Å². The maximum atomic E-state index is 13.1. The fourth-order valence-corrected chi connectivity index (χ4v) is 11.8. The Morgan fingerprint density at radius 3 is 0.922 bits per heavy atom. The summed E-state index contributed by atoms with van der Waals surface area (Å²) in [6, 6.07) is -0.715. The van der Waals surface area contributed by atoms with Gasteiger partial charge in [-0.15, -0.1) is 0 Å². The van der Waals surface area contributed by atoms with E-state index in [-0.39, 0.29) is 12.5 Å². The molecule has 0 aliphatic carbocycles. The fraction of sp³-hybridized carbons (Fsp3) is 0.985. The maximum absolute atomic E-state index is 13.1. The third kappa shape index (κ3) is 47.4. The van der Waals surface area contributed by atoms with Crippen molar-refractivity contribution in [2.75, 3.05) is 13.2 Å². The number of hydrogen-bond donors (Lipinski definition) is 6. The normalized spacial score (nSPS) is 18.6. The highest BCUT2D eigenvalue weighted by Crippen LogP contribution is 2.24. The predicted octanol–water partition coefficient (Wildman–Crippen LogP) is 18.5. The van der Waals surface area contributed by atoms with Crippen LogP contribution in [0.5, 0.6) is 0 Å². The smallest absolute Gasteiger partial charge is 0.220 e. The Labute approximate surface area is 478 Å². The Morgan fingerprint density at radius 1 is 0.390 bits per heavy atom. The summed E-state index contributed by atoms with van der Waals surface area (Å²) in [5.41, 5.74) is 0. The number of aliphatic hydroxyl groups is 5. The lowest BCUT2D eigenvalue weighted by molar-refractivity contribution is -0.302. The summed E-state index contributed by atoms with van der Waals surface area (Å²) in [7, 11) is 0. The zero-order valence-corrected chi connectivity index (χ0v) is 51.5. The van der Waals surface area contributed by atoms with Gasteiger partial charge in [0.15, 0.2) is 6.29 Å². The topological polar surface area (TPSA) is 149 Å². The molecule has 460 valence electrons. The zero-order chi connectivity index (χ0) is 55.8. The van der Waals surface area contributed by atoms with Gasteiger partial charge in [-0.2, -0.15) is 0 Å². The minimum absolute atomic E-state index is 0.130. The molecule has 0 bridgehead atoms. The minimum atomic E-state index is -1.55. The highest BCUT2D eigenvalue weighted by Gasteiger charge is 2.44. The molecule has 77 heavy (non-hydrogen) atoms. The van der Waals surface area contributed by atoms with Gasteiger partial charge in [0.05, 0.1) is 25.4 Å². The van der Waals surface area contributed by atoms with Crippen LogP contribution in [0.4, 0.5) is 0 Å². The van der Waals surface area contributed by atoms with Crippen molar-refractivity contribution in [2.24, 2.45) is 0 Å². The maximum Gasteiger partial charge on any atom is 0.220 e. The van der Waals surface area contributed by atoms with Crippen LogP contribution in [0.2, 0.25) is 0 Å². The molecule has 0 saturated carbocycles. The average molecular weight is 1090 g/mol. The molecule has 7 unspecified atom stereocenters. The number of carbonyl (C=O) groups excluding carboxylic acids is 1. The Kier molecular flexibility index (Phi) is 56.3. The molecule has 1 fully saturated rings. The van der Waals surface area contributed by atoms with Gasteiger partial charge < -0.3 is 40.3 Å². The first-order valence-electron chi connectivity index (χ1n) is 34.7. The molecule has 0 spiro atoms. The van der Waals surface area contributed by atoms with Gasteiger partial charge >= 0.3 is 0 Å². The van der Waals surface area contributed by atoms with Crippen molar-refractivity contribution in [3.05, 3.63) is 0 Å². The van der Waals surface area contributed by atoms with Gasteiger partial charge in [-0.1, -0.05) is 354 Å². The second-order valence-electron chi connectivity index (χ2n) is 24.7. The summed E-state index contributed by atoms with van der Waals surface area (Å²) < 4.78 is 11.4. The SMILES string of the molecule is CCCCCCCCCCCCCCCCCCCCCCCCCCCCCCCC(O)C(COC1OC(CO)C(O)C(O)C1O)NC(=O)CCCCCCCCCCCCCCCCCCCCCCCCCCC. The average Bonchev–Trinajstić information content (AvgIpc) is 3.43. The van der Waals surface area contributed by atoms with Gasteiger partial charge in [0.1, 0.15) is 24.4 Å². The fourth-order valence-electron chi connectivity index (χ4n) is 11.8. The molecule has 7 atom stereocenters. The number of aliphatic hydroxyl groups excluding tert-OH is 5. The molecular formula is C68H135NO8. The summed E-state index contributed by atoms with van der Waals surface area (Å²) in [5.74, 6) is -0.133. The van der Waals surface area contributed by atoms with Crippen molar-refractivity contribution in [1.29, 1.82) is 0 Å². The zero-order valence-electron chi connectivity index (χ0n) is 51.5. The number of nitrogens with one attached hydrogen (secondary N) is 1. The third-order valence-electron chi connectivity index (χ3n) is 17.2.